The van der Waals surface area contributed by atoms with Gasteiger partial charge in [-0.3, -0.25) is 0 Å². The summed E-state index contributed by atoms with van der Waals surface area (Å²) in [4.78, 5) is 25.1. The van der Waals surface area contributed by atoms with Crippen molar-refractivity contribution in [3.05, 3.63) is 35.4 Å². The van der Waals surface area contributed by atoms with Gasteiger partial charge in [0.1, 0.15) is 0 Å². The fourth-order valence-corrected chi connectivity index (χ4v) is 3.18. The fourth-order valence-electron chi connectivity index (χ4n) is 3.18. The first kappa shape index (κ1) is 24.2. The van der Waals surface area contributed by atoms with Crippen molar-refractivity contribution in [2.24, 2.45) is 11.8 Å². The van der Waals surface area contributed by atoms with E-state index in [9.17, 15) is 9.59 Å². The van der Waals surface area contributed by atoms with Crippen LogP contribution in [0, 0.1) is 11.8 Å². The zero-order valence-electron chi connectivity index (χ0n) is 19.2. The quantitative estimate of drug-likeness (QED) is 0.338. The molecule has 2 unspecified atom stereocenters. The summed E-state index contributed by atoms with van der Waals surface area (Å²) in [6, 6.07) is 6.77. The summed E-state index contributed by atoms with van der Waals surface area (Å²) in [5.41, 5.74) is 0.582. The highest BCUT2D eigenvalue weighted by molar-refractivity contribution is 6.03. The number of rotatable bonds is 14. The Bertz CT molecular complexity index is 537. The van der Waals surface area contributed by atoms with E-state index in [-0.39, 0.29) is 1.43 Å². The predicted molar refractivity (Wildman–Crippen MR) is 115 cm³/mol. The molecule has 28 heavy (non-hydrogen) atoms. The third kappa shape index (κ3) is 8.45. The molecule has 0 saturated heterocycles. The lowest BCUT2D eigenvalue weighted by molar-refractivity contribution is 0.0381. The third-order valence-corrected chi connectivity index (χ3v) is 5.35. The Morgan fingerprint density at radius 2 is 1.18 bits per heavy atom. The molecule has 0 saturated carbocycles. The van der Waals surface area contributed by atoms with E-state index < -0.39 is 11.9 Å². The number of ether oxygens (including phenoxy) is 2. The molecule has 1 aromatic rings. The number of esters is 2. The number of unbranched alkanes of at least 4 members (excludes halogenated alkanes) is 2. The highest BCUT2D eigenvalue weighted by Crippen LogP contribution is 2.18. The van der Waals surface area contributed by atoms with Gasteiger partial charge in [0.25, 0.3) is 0 Å². The lowest BCUT2D eigenvalue weighted by Gasteiger charge is -2.17. The molecule has 0 heterocycles. The molecular formula is C24H39O4+. The van der Waals surface area contributed by atoms with Crippen molar-refractivity contribution in [3.8, 4) is 0 Å². The summed E-state index contributed by atoms with van der Waals surface area (Å²) in [6.07, 6.45) is 8.61. The first-order valence-corrected chi connectivity index (χ1v) is 11.0. The maximum absolute atomic E-state index is 12.6. The van der Waals surface area contributed by atoms with Crippen LogP contribution in [-0.2, 0) is 9.47 Å². The van der Waals surface area contributed by atoms with E-state index >= 15 is 0 Å². The van der Waals surface area contributed by atoms with Crippen molar-refractivity contribution in [2.45, 2.75) is 79.1 Å². The molecule has 0 amide bonds. The van der Waals surface area contributed by atoms with Crippen molar-refractivity contribution < 1.29 is 20.5 Å². The van der Waals surface area contributed by atoms with Gasteiger partial charge in [-0.1, -0.05) is 78.4 Å². The Kier molecular flexibility index (Phi) is 12.3. The minimum atomic E-state index is -0.444. The predicted octanol–water partition coefficient (Wildman–Crippen LogP) is 6.55. The molecule has 2 atom stereocenters. The van der Waals surface area contributed by atoms with Crippen LogP contribution in [0.3, 0.4) is 0 Å². The smallest absolute Gasteiger partial charge is 0.462 e. The highest BCUT2D eigenvalue weighted by Gasteiger charge is 2.21. The molecule has 4 nitrogen and oxygen atoms in total. The van der Waals surface area contributed by atoms with Crippen LogP contribution in [-0.4, -0.2) is 25.2 Å². The third-order valence-electron chi connectivity index (χ3n) is 5.35. The van der Waals surface area contributed by atoms with Crippen LogP contribution < -0.4 is 0 Å². The normalized spacial score (nSPS) is 13.0. The van der Waals surface area contributed by atoms with Crippen LogP contribution >= 0.6 is 0 Å². The SMILES string of the molecule is CCCCC(CC)COC(=O)c1ccccc1C(=O)OCC(CC)CCCC.[H+]. The molecule has 0 spiro atoms. The Morgan fingerprint density at radius 3 is 1.50 bits per heavy atom. The molecule has 0 aliphatic heterocycles. The summed E-state index contributed by atoms with van der Waals surface area (Å²) in [5.74, 6) is -0.153. The van der Waals surface area contributed by atoms with Crippen molar-refractivity contribution in [1.29, 1.82) is 0 Å². The van der Waals surface area contributed by atoms with Crippen molar-refractivity contribution in [2.75, 3.05) is 13.2 Å². The molecule has 0 radical (unpaired) electrons. The van der Waals surface area contributed by atoms with Crippen molar-refractivity contribution in [3.63, 3.8) is 0 Å². The minimum absolute atomic E-state index is 0. The Labute approximate surface area is 172 Å². The number of carbonyl (C=O) groups is 2. The summed E-state index contributed by atoms with van der Waals surface area (Å²) in [5, 5.41) is 0. The van der Waals surface area contributed by atoms with Crippen LogP contribution in [0.4, 0.5) is 0 Å². The highest BCUT2D eigenvalue weighted by atomic mass is 16.5. The first-order valence-electron chi connectivity index (χ1n) is 11.0. The second kappa shape index (κ2) is 14.2. The average Bonchev–Trinajstić information content (AvgIpc) is 2.73. The molecule has 1 rings (SSSR count). The minimum Gasteiger partial charge on any atom is -0.462 e. The average molecular weight is 392 g/mol. The van der Waals surface area contributed by atoms with Crippen LogP contribution in [0.25, 0.3) is 0 Å². The molecule has 0 bridgehead atoms. The van der Waals surface area contributed by atoms with E-state index in [1.165, 1.54) is 0 Å². The number of carbonyl (C=O) groups excluding carboxylic acids is 2. The largest absolute Gasteiger partial charge is 1.00 e. The maximum atomic E-state index is 12.6. The second-order valence-electron chi connectivity index (χ2n) is 7.58. The van der Waals surface area contributed by atoms with Crippen LogP contribution in [0.15, 0.2) is 24.3 Å². The van der Waals surface area contributed by atoms with Crippen molar-refractivity contribution in [1.82, 2.24) is 0 Å². The lowest BCUT2D eigenvalue weighted by Crippen LogP contribution is -2.19. The zero-order valence-corrected chi connectivity index (χ0v) is 18.2. The molecular weight excluding hydrogens is 352 g/mol. The van der Waals surface area contributed by atoms with E-state index in [1.807, 2.05) is 0 Å². The van der Waals surface area contributed by atoms with Crippen LogP contribution in [0.2, 0.25) is 0 Å². The van der Waals surface area contributed by atoms with Gasteiger partial charge in [-0.15, -0.1) is 0 Å². The number of benzene rings is 1. The van der Waals surface area contributed by atoms with Crippen molar-refractivity contribution >= 4 is 11.9 Å². The molecule has 4 heteroatoms. The van der Waals surface area contributed by atoms with Crippen LogP contribution in [0.5, 0.6) is 0 Å². The molecule has 1 aromatic carbocycles. The van der Waals surface area contributed by atoms with Gasteiger partial charge >= 0.3 is 13.4 Å². The van der Waals surface area contributed by atoms with E-state index in [1.54, 1.807) is 24.3 Å². The molecule has 0 aliphatic rings. The summed E-state index contributed by atoms with van der Waals surface area (Å²) in [7, 11) is 0. The van der Waals surface area contributed by atoms with Gasteiger partial charge in [0.15, 0.2) is 0 Å². The number of hydrogen-bond acceptors (Lipinski definition) is 4. The van der Waals surface area contributed by atoms with E-state index in [2.05, 4.69) is 27.7 Å². The van der Waals surface area contributed by atoms with Gasteiger partial charge in [-0.25, -0.2) is 9.59 Å². The maximum Gasteiger partial charge on any atom is 1.00 e. The molecule has 0 aliphatic carbocycles. The summed E-state index contributed by atoms with van der Waals surface area (Å²) >= 11 is 0. The summed E-state index contributed by atoms with van der Waals surface area (Å²) in [6.45, 7) is 9.34. The first-order chi connectivity index (χ1) is 13.6. The van der Waals surface area contributed by atoms with Gasteiger partial charge in [0, 0.05) is 0 Å². The Morgan fingerprint density at radius 1 is 0.786 bits per heavy atom. The van der Waals surface area contributed by atoms with E-state index in [0.717, 1.165) is 51.4 Å². The van der Waals surface area contributed by atoms with Gasteiger partial charge in [-0.2, -0.15) is 0 Å². The zero-order chi connectivity index (χ0) is 20.8. The second-order valence-corrected chi connectivity index (χ2v) is 7.58. The number of hydrogen-bond donors (Lipinski definition) is 0. The molecule has 158 valence electrons. The summed E-state index contributed by atoms with van der Waals surface area (Å²) < 4.78 is 11.0. The monoisotopic (exact) mass is 391 g/mol. The standard InChI is InChI=1S/C24H38O4/c1-5-9-13-19(7-3)17-27-23(25)21-15-11-12-16-22(21)24(26)28-18-20(8-4)14-10-6-2/h11-12,15-16,19-20H,5-10,13-14,17-18H2,1-4H3/p+1. The fraction of sp³-hybridized carbons (Fsp3) is 0.667. The Hall–Kier alpha value is -1.84. The Balaban J connectivity index is 0.00000784. The molecule has 0 N–H and O–H groups in total. The van der Waals surface area contributed by atoms with E-state index in [4.69, 9.17) is 9.47 Å². The van der Waals surface area contributed by atoms with Crippen LogP contribution in [0.1, 0.15) is 101 Å². The van der Waals surface area contributed by atoms with Gasteiger partial charge in [0.05, 0.1) is 24.3 Å². The van der Waals surface area contributed by atoms with Gasteiger partial charge in [-0.05, 0) is 36.8 Å². The molecule has 0 fully saturated rings. The van der Waals surface area contributed by atoms with E-state index in [0.29, 0.717) is 36.2 Å². The van der Waals surface area contributed by atoms with Gasteiger partial charge in [0.2, 0.25) is 0 Å². The molecule has 0 aromatic heterocycles. The topological polar surface area (TPSA) is 52.6 Å². The lowest BCUT2D eigenvalue weighted by atomic mass is 10.0. The van der Waals surface area contributed by atoms with Gasteiger partial charge < -0.3 is 9.47 Å².